The van der Waals surface area contributed by atoms with E-state index in [1.165, 1.54) is 25.0 Å². The number of hydrogen-bond acceptors (Lipinski definition) is 7. The summed E-state index contributed by atoms with van der Waals surface area (Å²) in [5.41, 5.74) is 0. The van der Waals surface area contributed by atoms with Gasteiger partial charge in [-0.15, -0.1) is 0 Å². The van der Waals surface area contributed by atoms with Crippen molar-refractivity contribution in [1.82, 2.24) is 0 Å². The molecule has 0 spiro atoms. The summed E-state index contributed by atoms with van der Waals surface area (Å²) in [6.07, 6.45) is 5.48. The van der Waals surface area contributed by atoms with Crippen molar-refractivity contribution in [3.63, 3.8) is 0 Å². The summed E-state index contributed by atoms with van der Waals surface area (Å²) in [7, 11) is 0. The highest BCUT2D eigenvalue weighted by Crippen LogP contribution is 1.86. The molecule has 0 saturated carbocycles. The number of rotatable bonds is 14. The predicted molar refractivity (Wildman–Crippen MR) is 67.1 cm³/mol. The van der Waals surface area contributed by atoms with Gasteiger partial charge in [-0.25, -0.2) is 0 Å². The molecule has 0 saturated heterocycles. The summed E-state index contributed by atoms with van der Waals surface area (Å²) in [6, 6.07) is 0. The molecule has 0 unspecified atom stereocenters. The van der Waals surface area contributed by atoms with Gasteiger partial charge in [0.05, 0.1) is 39.6 Å². The van der Waals surface area contributed by atoms with E-state index in [1.54, 1.807) is 0 Å². The minimum Gasteiger partial charge on any atom is -0.496 e. The molecular formula is C12H22O7. The van der Waals surface area contributed by atoms with Crippen LogP contribution in [0.2, 0.25) is 0 Å². The van der Waals surface area contributed by atoms with Crippen molar-refractivity contribution in [2.45, 2.75) is 0 Å². The van der Waals surface area contributed by atoms with Crippen LogP contribution < -0.4 is 0 Å². The lowest BCUT2D eigenvalue weighted by molar-refractivity contribution is 0.0579. The van der Waals surface area contributed by atoms with E-state index in [0.717, 1.165) is 0 Å². The Kier molecular flexibility index (Phi) is 15.6. The van der Waals surface area contributed by atoms with Crippen LogP contribution in [0.3, 0.4) is 0 Å². The second-order valence-electron chi connectivity index (χ2n) is 3.09. The molecule has 19 heavy (non-hydrogen) atoms. The molecule has 0 amide bonds. The van der Waals surface area contributed by atoms with Crippen molar-refractivity contribution in [1.29, 1.82) is 0 Å². The molecule has 2 N–H and O–H groups in total. The first-order valence-corrected chi connectivity index (χ1v) is 5.97. The SMILES string of the molecule is OCCOCCOC=COC=COCCOCCO. The van der Waals surface area contributed by atoms with E-state index in [-0.39, 0.29) is 13.2 Å². The van der Waals surface area contributed by atoms with Gasteiger partial charge in [0, 0.05) is 0 Å². The van der Waals surface area contributed by atoms with Crippen LogP contribution >= 0.6 is 0 Å². The van der Waals surface area contributed by atoms with Gasteiger partial charge in [0.1, 0.15) is 38.3 Å². The second-order valence-corrected chi connectivity index (χ2v) is 3.09. The maximum Gasteiger partial charge on any atom is 0.125 e. The highest BCUT2D eigenvalue weighted by Gasteiger charge is 1.86. The Hall–Kier alpha value is -1.28. The quantitative estimate of drug-likeness (QED) is 0.341. The smallest absolute Gasteiger partial charge is 0.125 e. The van der Waals surface area contributed by atoms with Gasteiger partial charge in [-0.05, 0) is 0 Å². The lowest BCUT2D eigenvalue weighted by Gasteiger charge is -2.01. The number of aliphatic hydroxyl groups excluding tert-OH is 2. The molecule has 0 rings (SSSR count). The van der Waals surface area contributed by atoms with E-state index in [2.05, 4.69) is 0 Å². The number of ether oxygens (including phenoxy) is 5. The fraction of sp³-hybridized carbons (Fsp3) is 0.667. The molecule has 0 heterocycles. The van der Waals surface area contributed by atoms with E-state index in [1.807, 2.05) is 0 Å². The van der Waals surface area contributed by atoms with Crippen molar-refractivity contribution in [3.8, 4) is 0 Å². The van der Waals surface area contributed by atoms with Crippen LogP contribution in [-0.4, -0.2) is 63.1 Å². The largest absolute Gasteiger partial charge is 0.496 e. The Bertz CT molecular complexity index is 196. The molecular weight excluding hydrogens is 256 g/mol. The molecule has 0 aliphatic rings. The van der Waals surface area contributed by atoms with Crippen LogP contribution in [0, 0.1) is 0 Å². The van der Waals surface area contributed by atoms with Crippen LogP contribution in [-0.2, 0) is 23.7 Å². The van der Waals surface area contributed by atoms with Crippen molar-refractivity contribution in [2.24, 2.45) is 0 Å². The van der Waals surface area contributed by atoms with Gasteiger partial charge >= 0.3 is 0 Å². The highest BCUT2D eigenvalue weighted by molar-refractivity contribution is 4.69. The molecule has 0 radical (unpaired) electrons. The van der Waals surface area contributed by atoms with E-state index >= 15 is 0 Å². The van der Waals surface area contributed by atoms with Gasteiger partial charge in [-0.2, -0.15) is 0 Å². The third kappa shape index (κ3) is 16.7. The molecule has 0 aliphatic heterocycles. The predicted octanol–water partition coefficient (Wildman–Crippen LogP) is -0.00360. The topological polar surface area (TPSA) is 86.6 Å². The fourth-order valence-corrected chi connectivity index (χ4v) is 0.871. The minimum atomic E-state index is 0.00872. The van der Waals surface area contributed by atoms with Gasteiger partial charge < -0.3 is 33.9 Å². The maximum absolute atomic E-state index is 8.43. The van der Waals surface area contributed by atoms with Gasteiger partial charge in [0.15, 0.2) is 0 Å². The zero-order valence-corrected chi connectivity index (χ0v) is 10.9. The van der Waals surface area contributed by atoms with E-state index in [4.69, 9.17) is 33.9 Å². The maximum atomic E-state index is 8.43. The molecule has 0 aromatic heterocycles. The Labute approximate surface area is 113 Å². The second kappa shape index (κ2) is 16.7. The van der Waals surface area contributed by atoms with Gasteiger partial charge in [-0.1, -0.05) is 0 Å². The summed E-state index contributed by atoms with van der Waals surface area (Å²) >= 11 is 0. The van der Waals surface area contributed by atoms with E-state index in [9.17, 15) is 0 Å². The van der Waals surface area contributed by atoms with Crippen LogP contribution in [0.15, 0.2) is 25.0 Å². The zero-order valence-electron chi connectivity index (χ0n) is 10.9. The normalized spacial score (nSPS) is 11.3. The van der Waals surface area contributed by atoms with Crippen molar-refractivity contribution in [2.75, 3.05) is 52.9 Å². The summed E-state index contributed by atoms with van der Waals surface area (Å²) in [5, 5.41) is 16.9. The first-order valence-electron chi connectivity index (χ1n) is 5.97. The lowest BCUT2D eigenvalue weighted by atomic mass is 10.7. The average Bonchev–Trinajstić information content (AvgIpc) is 2.43. The Morgan fingerprint density at radius 1 is 0.579 bits per heavy atom. The molecule has 0 aromatic rings. The summed E-state index contributed by atoms with van der Waals surface area (Å²) in [5.74, 6) is 0. The Morgan fingerprint density at radius 3 is 1.47 bits per heavy atom. The summed E-state index contributed by atoms with van der Waals surface area (Å²) in [4.78, 5) is 0. The monoisotopic (exact) mass is 278 g/mol. The third-order valence-corrected chi connectivity index (χ3v) is 1.62. The first-order chi connectivity index (χ1) is 9.41. The fourth-order valence-electron chi connectivity index (χ4n) is 0.871. The molecule has 0 aromatic carbocycles. The lowest BCUT2D eigenvalue weighted by Crippen LogP contribution is -2.05. The van der Waals surface area contributed by atoms with Gasteiger partial charge in [0.25, 0.3) is 0 Å². The number of hydrogen-bond donors (Lipinski definition) is 2. The molecule has 0 atom stereocenters. The summed E-state index contributed by atoms with van der Waals surface area (Å²) < 4.78 is 24.9. The van der Waals surface area contributed by atoms with Crippen molar-refractivity contribution < 1.29 is 33.9 Å². The highest BCUT2D eigenvalue weighted by atomic mass is 16.5. The van der Waals surface area contributed by atoms with Gasteiger partial charge in [-0.3, -0.25) is 0 Å². The van der Waals surface area contributed by atoms with Crippen molar-refractivity contribution >= 4 is 0 Å². The van der Waals surface area contributed by atoms with Crippen LogP contribution in [0.5, 0.6) is 0 Å². The van der Waals surface area contributed by atoms with Crippen molar-refractivity contribution in [3.05, 3.63) is 25.0 Å². The van der Waals surface area contributed by atoms with Gasteiger partial charge in [0.2, 0.25) is 0 Å². The molecule has 7 nitrogen and oxygen atoms in total. The van der Waals surface area contributed by atoms with Crippen LogP contribution in [0.25, 0.3) is 0 Å². The Morgan fingerprint density at radius 2 is 1.05 bits per heavy atom. The van der Waals surface area contributed by atoms with E-state index < -0.39 is 0 Å². The van der Waals surface area contributed by atoms with E-state index in [0.29, 0.717) is 39.6 Å². The molecule has 0 fully saturated rings. The standard InChI is InChI=1S/C12H22O7/c13-1-3-15-5-7-17-9-11-19-12-10-18-8-6-16-4-2-14/h9-14H,1-8H2. The minimum absolute atomic E-state index is 0.00872. The summed E-state index contributed by atoms with van der Waals surface area (Å²) in [6.45, 7) is 2.25. The van der Waals surface area contributed by atoms with Crippen LogP contribution in [0.1, 0.15) is 0 Å². The average molecular weight is 278 g/mol. The molecule has 7 heteroatoms. The number of aliphatic hydroxyl groups is 2. The third-order valence-electron chi connectivity index (χ3n) is 1.62. The first kappa shape index (κ1) is 17.7. The molecule has 112 valence electrons. The zero-order chi connectivity index (χ0) is 14.0. The Balaban J connectivity index is 3.14. The molecule has 0 aliphatic carbocycles. The van der Waals surface area contributed by atoms with Crippen LogP contribution in [0.4, 0.5) is 0 Å². The molecule has 0 bridgehead atoms.